The second-order valence-electron chi connectivity index (χ2n) is 8.25. The monoisotopic (exact) mass is 427 g/mol. The minimum absolute atomic E-state index is 0.118. The highest BCUT2D eigenvalue weighted by Gasteiger charge is 2.33. The van der Waals surface area contributed by atoms with Crippen LogP contribution in [0.1, 0.15) is 31.2 Å². The van der Waals surface area contributed by atoms with Gasteiger partial charge < -0.3 is 10.2 Å². The Kier molecular flexibility index (Phi) is 6.11. The molecule has 2 aliphatic rings. The molecule has 0 radical (unpaired) electrons. The first kappa shape index (κ1) is 20.9. The van der Waals surface area contributed by atoms with Crippen molar-refractivity contribution in [1.29, 1.82) is 0 Å². The van der Waals surface area contributed by atoms with Crippen LogP contribution in [0.5, 0.6) is 0 Å². The Morgan fingerprint density at radius 2 is 1.60 bits per heavy atom. The van der Waals surface area contributed by atoms with E-state index < -0.39 is 10.0 Å². The predicted octanol–water partition coefficient (Wildman–Crippen LogP) is 3.63. The number of anilines is 2. The average molecular weight is 428 g/mol. The molecule has 6 nitrogen and oxygen atoms in total. The molecule has 2 saturated heterocycles. The number of nitrogens with zero attached hydrogens (tertiary/aromatic N) is 2. The number of benzene rings is 2. The maximum atomic E-state index is 13.0. The number of carbonyl (C=O) groups excluding carboxylic acids is 1. The number of sulfonamides is 1. The Bertz CT molecular complexity index is 981. The normalized spacial score (nSPS) is 20.3. The molecule has 2 aromatic carbocycles. The number of nitrogens with one attached hydrogen (secondary N) is 1. The number of carbonyl (C=O) groups is 1. The summed E-state index contributed by atoms with van der Waals surface area (Å²) in [5.41, 5.74) is 2.94. The van der Waals surface area contributed by atoms with Gasteiger partial charge in [-0.25, -0.2) is 8.42 Å². The van der Waals surface area contributed by atoms with Crippen molar-refractivity contribution in [2.24, 2.45) is 5.92 Å². The van der Waals surface area contributed by atoms with Gasteiger partial charge in [0.1, 0.15) is 0 Å². The lowest BCUT2D eigenvalue weighted by atomic mass is 9.98. The summed E-state index contributed by atoms with van der Waals surface area (Å²) >= 11 is 0. The van der Waals surface area contributed by atoms with E-state index >= 15 is 0 Å². The fraction of sp³-hybridized carbons (Fsp3) is 0.435. The van der Waals surface area contributed by atoms with Crippen molar-refractivity contribution < 1.29 is 13.2 Å². The predicted molar refractivity (Wildman–Crippen MR) is 119 cm³/mol. The van der Waals surface area contributed by atoms with Gasteiger partial charge in [-0.2, -0.15) is 4.31 Å². The molecule has 30 heavy (non-hydrogen) atoms. The van der Waals surface area contributed by atoms with Crippen LogP contribution in [0.15, 0.2) is 53.4 Å². The van der Waals surface area contributed by atoms with Crippen LogP contribution >= 0.6 is 0 Å². The van der Waals surface area contributed by atoms with Crippen molar-refractivity contribution in [3.63, 3.8) is 0 Å². The molecular weight excluding hydrogens is 398 g/mol. The zero-order valence-electron chi connectivity index (χ0n) is 17.4. The van der Waals surface area contributed by atoms with E-state index in [2.05, 4.69) is 10.2 Å². The summed E-state index contributed by atoms with van der Waals surface area (Å²) in [6, 6.07) is 14.8. The topological polar surface area (TPSA) is 69.7 Å². The van der Waals surface area contributed by atoms with E-state index in [1.54, 1.807) is 24.3 Å². The summed E-state index contributed by atoms with van der Waals surface area (Å²) in [5.74, 6) is -0.468. The second kappa shape index (κ2) is 8.78. The number of aryl methyl sites for hydroxylation is 1. The molecule has 4 rings (SSSR count). The van der Waals surface area contributed by atoms with Crippen LogP contribution in [0.3, 0.4) is 0 Å². The first-order valence-corrected chi connectivity index (χ1v) is 12.1. The summed E-state index contributed by atoms with van der Waals surface area (Å²) in [6.07, 6.45) is 3.82. The molecule has 7 heteroatoms. The first-order valence-electron chi connectivity index (χ1n) is 10.7. The molecular formula is C23H29N3O3S. The number of rotatable bonds is 5. The molecule has 0 unspecified atom stereocenters. The molecule has 0 spiro atoms. The molecule has 2 aromatic rings. The third-order valence-electron chi connectivity index (χ3n) is 6.02. The summed E-state index contributed by atoms with van der Waals surface area (Å²) in [6.45, 7) is 4.76. The van der Waals surface area contributed by atoms with Gasteiger partial charge in [0.15, 0.2) is 0 Å². The van der Waals surface area contributed by atoms with Crippen molar-refractivity contribution in [3.8, 4) is 0 Å². The van der Waals surface area contributed by atoms with Crippen LogP contribution in [0.4, 0.5) is 11.4 Å². The molecule has 160 valence electrons. The lowest BCUT2D eigenvalue weighted by Crippen LogP contribution is -2.43. The van der Waals surface area contributed by atoms with E-state index in [4.69, 9.17) is 0 Å². The van der Waals surface area contributed by atoms with Crippen molar-refractivity contribution in [1.82, 2.24) is 4.31 Å². The van der Waals surface area contributed by atoms with Crippen LogP contribution in [-0.4, -0.2) is 44.8 Å². The van der Waals surface area contributed by atoms with Crippen LogP contribution in [0, 0.1) is 12.8 Å². The highest BCUT2D eigenvalue weighted by molar-refractivity contribution is 7.89. The van der Waals surface area contributed by atoms with E-state index in [0.29, 0.717) is 19.4 Å². The van der Waals surface area contributed by atoms with Gasteiger partial charge in [-0.1, -0.05) is 17.7 Å². The minimum atomic E-state index is -3.59. The van der Waals surface area contributed by atoms with Crippen molar-refractivity contribution in [2.75, 3.05) is 36.4 Å². The van der Waals surface area contributed by atoms with E-state index in [9.17, 15) is 13.2 Å². The number of hydrogen-bond acceptors (Lipinski definition) is 4. The number of amides is 1. The zero-order valence-corrected chi connectivity index (χ0v) is 18.2. The third kappa shape index (κ3) is 4.52. The fourth-order valence-corrected chi connectivity index (χ4v) is 5.73. The van der Waals surface area contributed by atoms with Gasteiger partial charge in [0.25, 0.3) is 0 Å². The lowest BCUT2D eigenvalue weighted by Gasteiger charge is -2.31. The largest absolute Gasteiger partial charge is 0.372 e. The standard InChI is InChI=1S/C23H29N3O3S/c1-18-6-12-22(13-7-18)30(28,29)26-16-4-5-19(17-26)23(27)24-20-8-10-21(11-9-20)25-14-2-3-15-25/h6-13,19H,2-5,14-17H2,1H3,(H,24,27)/t19-/m0/s1. The molecule has 1 amide bonds. The van der Waals surface area contributed by atoms with Crippen LogP contribution < -0.4 is 10.2 Å². The Morgan fingerprint density at radius 3 is 2.27 bits per heavy atom. The molecule has 0 saturated carbocycles. The molecule has 0 bridgehead atoms. The minimum Gasteiger partial charge on any atom is -0.372 e. The number of hydrogen-bond donors (Lipinski definition) is 1. The quantitative estimate of drug-likeness (QED) is 0.791. The summed E-state index contributed by atoms with van der Waals surface area (Å²) in [7, 11) is -3.59. The smallest absolute Gasteiger partial charge is 0.243 e. The molecule has 1 N–H and O–H groups in total. The highest BCUT2D eigenvalue weighted by Crippen LogP contribution is 2.26. The second-order valence-corrected chi connectivity index (χ2v) is 10.2. The van der Waals surface area contributed by atoms with Gasteiger partial charge in [0.2, 0.25) is 15.9 Å². The van der Waals surface area contributed by atoms with Gasteiger partial charge in [-0.15, -0.1) is 0 Å². The van der Waals surface area contributed by atoms with Crippen molar-refractivity contribution in [3.05, 3.63) is 54.1 Å². The summed E-state index contributed by atoms with van der Waals surface area (Å²) < 4.78 is 27.4. The van der Waals surface area contributed by atoms with E-state index in [1.807, 2.05) is 31.2 Å². The molecule has 2 aliphatic heterocycles. The van der Waals surface area contributed by atoms with E-state index in [-0.39, 0.29) is 23.3 Å². The highest BCUT2D eigenvalue weighted by atomic mass is 32.2. The summed E-state index contributed by atoms with van der Waals surface area (Å²) in [4.78, 5) is 15.5. The van der Waals surface area contributed by atoms with Gasteiger partial charge in [-0.3, -0.25) is 4.79 Å². The van der Waals surface area contributed by atoms with Gasteiger partial charge in [0, 0.05) is 37.6 Å². The Hall–Kier alpha value is -2.38. The molecule has 0 aliphatic carbocycles. The average Bonchev–Trinajstić information content (AvgIpc) is 3.30. The van der Waals surface area contributed by atoms with E-state index in [0.717, 1.165) is 24.3 Å². The third-order valence-corrected chi connectivity index (χ3v) is 7.90. The molecule has 1 atom stereocenters. The van der Waals surface area contributed by atoms with Crippen LogP contribution in [0.25, 0.3) is 0 Å². The Balaban J connectivity index is 1.40. The molecule has 2 fully saturated rings. The van der Waals surface area contributed by atoms with E-state index in [1.165, 1.54) is 22.8 Å². The SMILES string of the molecule is Cc1ccc(S(=O)(=O)N2CCC[C@H](C(=O)Nc3ccc(N4CCCC4)cc3)C2)cc1. The van der Waals surface area contributed by atoms with Crippen LogP contribution in [0.2, 0.25) is 0 Å². The summed E-state index contributed by atoms with van der Waals surface area (Å²) in [5, 5.41) is 2.97. The lowest BCUT2D eigenvalue weighted by molar-refractivity contribution is -0.120. The fourth-order valence-electron chi connectivity index (χ4n) is 4.21. The Labute approximate surface area is 178 Å². The van der Waals surface area contributed by atoms with Crippen LogP contribution in [-0.2, 0) is 14.8 Å². The van der Waals surface area contributed by atoms with Gasteiger partial charge in [0.05, 0.1) is 10.8 Å². The zero-order chi connectivity index (χ0) is 21.1. The van der Waals surface area contributed by atoms with Crippen molar-refractivity contribution >= 4 is 27.3 Å². The molecule has 0 aromatic heterocycles. The van der Waals surface area contributed by atoms with Gasteiger partial charge >= 0.3 is 0 Å². The Morgan fingerprint density at radius 1 is 0.933 bits per heavy atom. The van der Waals surface area contributed by atoms with Gasteiger partial charge in [-0.05, 0) is 69.0 Å². The first-order chi connectivity index (χ1) is 14.4. The van der Waals surface area contributed by atoms with Crippen molar-refractivity contribution in [2.45, 2.75) is 37.5 Å². The maximum absolute atomic E-state index is 13.0. The maximum Gasteiger partial charge on any atom is 0.243 e. The number of piperidine rings is 1. The molecule has 2 heterocycles.